The van der Waals surface area contributed by atoms with Gasteiger partial charge >= 0.3 is 0 Å². The van der Waals surface area contributed by atoms with E-state index in [0.717, 1.165) is 10.4 Å². The van der Waals surface area contributed by atoms with Gasteiger partial charge in [0.25, 0.3) is 0 Å². The van der Waals surface area contributed by atoms with Crippen molar-refractivity contribution < 1.29 is 4.79 Å². The second-order valence-electron chi connectivity index (χ2n) is 2.95. The zero-order valence-corrected chi connectivity index (χ0v) is 8.33. The molecule has 0 saturated carbocycles. The Morgan fingerprint density at radius 3 is 2.71 bits per heavy atom. The Bertz CT molecular complexity index is 408. The van der Waals surface area contributed by atoms with Crippen molar-refractivity contribution in [3.63, 3.8) is 0 Å². The van der Waals surface area contributed by atoms with Gasteiger partial charge in [-0.05, 0) is 5.56 Å². The van der Waals surface area contributed by atoms with Gasteiger partial charge in [0.1, 0.15) is 0 Å². The van der Waals surface area contributed by atoms with Gasteiger partial charge in [-0.1, -0.05) is 30.3 Å². The zero-order chi connectivity index (χ0) is 9.80. The van der Waals surface area contributed by atoms with Crippen molar-refractivity contribution in [2.45, 2.75) is 6.42 Å². The lowest BCUT2D eigenvalue weighted by Gasteiger charge is -1.97. The van der Waals surface area contributed by atoms with E-state index in [0.29, 0.717) is 6.42 Å². The Morgan fingerprint density at radius 1 is 1.29 bits per heavy atom. The summed E-state index contributed by atoms with van der Waals surface area (Å²) in [6, 6.07) is 9.74. The molecule has 0 fully saturated rings. The van der Waals surface area contributed by atoms with Crippen LogP contribution in [0.4, 0.5) is 0 Å². The number of benzene rings is 1. The Labute approximate surface area is 86.2 Å². The van der Waals surface area contributed by atoms with Crippen LogP contribution in [0.25, 0.3) is 0 Å². The minimum absolute atomic E-state index is 0.138. The molecule has 70 valence electrons. The third-order valence-corrected chi connectivity index (χ3v) is 2.73. The summed E-state index contributed by atoms with van der Waals surface area (Å²) in [4.78, 5) is 16.3. The lowest BCUT2D eigenvalue weighted by atomic mass is 10.1. The fraction of sp³-hybridized carbons (Fsp3) is 0.0909. The quantitative estimate of drug-likeness (QED) is 0.717. The fourth-order valence-electron chi connectivity index (χ4n) is 1.22. The summed E-state index contributed by atoms with van der Waals surface area (Å²) >= 11 is 1.39. The predicted octanol–water partition coefficient (Wildman–Crippen LogP) is 2.57. The number of ketones is 1. The summed E-state index contributed by atoms with van der Waals surface area (Å²) in [5.41, 5.74) is 2.73. The van der Waals surface area contributed by atoms with Gasteiger partial charge in [-0.25, -0.2) is 0 Å². The molecule has 0 aliphatic carbocycles. The number of carbonyl (C=O) groups excluding carboxylic acids is 1. The van der Waals surface area contributed by atoms with Crippen LogP contribution in [0.15, 0.2) is 42.0 Å². The van der Waals surface area contributed by atoms with E-state index in [2.05, 4.69) is 4.98 Å². The van der Waals surface area contributed by atoms with Crippen molar-refractivity contribution >= 4 is 17.1 Å². The third-order valence-electron chi connectivity index (χ3n) is 1.91. The highest BCUT2D eigenvalue weighted by molar-refractivity contribution is 7.11. The summed E-state index contributed by atoms with van der Waals surface area (Å²) in [5, 5.41) is 0. The van der Waals surface area contributed by atoms with Gasteiger partial charge in [-0.3, -0.25) is 9.78 Å². The maximum Gasteiger partial charge on any atom is 0.178 e. The minimum atomic E-state index is 0.138. The van der Waals surface area contributed by atoms with E-state index in [1.54, 1.807) is 11.7 Å². The topological polar surface area (TPSA) is 30.0 Å². The lowest BCUT2D eigenvalue weighted by molar-refractivity contribution is 0.0996. The molecule has 0 aliphatic rings. The number of Topliss-reactive ketones (excluding diaryl/α,β-unsaturated/α-hetero) is 1. The van der Waals surface area contributed by atoms with Crippen LogP contribution in [0.3, 0.4) is 0 Å². The van der Waals surface area contributed by atoms with Crippen LogP contribution in [0.5, 0.6) is 0 Å². The molecule has 3 heteroatoms. The molecule has 0 N–H and O–H groups in total. The molecule has 2 rings (SSSR count). The monoisotopic (exact) mass is 203 g/mol. The fourth-order valence-corrected chi connectivity index (χ4v) is 1.78. The highest BCUT2D eigenvalue weighted by Gasteiger charge is 2.07. The number of hydrogen-bond acceptors (Lipinski definition) is 3. The third kappa shape index (κ3) is 2.06. The predicted molar refractivity (Wildman–Crippen MR) is 56.6 cm³/mol. The molecule has 14 heavy (non-hydrogen) atoms. The van der Waals surface area contributed by atoms with Gasteiger partial charge in [0, 0.05) is 12.6 Å². The maximum absolute atomic E-state index is 11.6. The van der Waals surface area contributed by atoms with E-state index < -0.39 is 0 Å². The normalized spacial score (nSPS) is 10.0. The van der Waals surface area contributed by atoms with Crippen LogP contribution >= 0.6 is 11.3 Å². The summed E-state index contributed by atoms with van der Waals surface area (Å²) < 4.78 is 0. The molecular weight excluding hydrogens is 194 g/mol. The van der Waals surface area contributed by atoms with Crippen molar-refractivity contribution in [1.29, 1.82) is 0 Å². The highest BCUT2D eigenvalue weighted by Crippen LogP contribution is 2.10. The van der Waals surface area contributed by atoms with E-state index in [-0.39, 0.29) is 5.78 Å². The first-order chi connectivity index (χ1) is 6.86. The number of rotatable bonds is 3. The van der Waals surface area contributed by atoms with Gasteiger partial charge in [-0.2, -0.15) is 0 Å². The number of aromatic nitrogens is 1. The summed E-state index contributed by atoms with van der Waals surface area (Å²) in [7, 11) is 0. The van der Waals surface area contributed by atoms with Gasteiger partial charge in [0.15, 0.2) is 5.78 Å². The average molecular weight is 203 g/mol. The minimum Gasteiger partial charge on any atom is -0.293 e. The molecule has 2 nitrogen and oxygen atoms in total. The lowest BCUT2D eigenvalue weighted by Crippen LogP contribution is -2.00. The largest absolute Gasteiger partial charge is 0.293 e. The van der Waals surface area contributed by atoms with Crippen LogP contribution in [0.2, 0.25) is 0 Å². The molecule has 0 aliphatic heterocycles. The Morgan fingerprint density at radius 2 is 2.07 bits per heavy atom. The Hall–Kier alpha value is -1.48. The van der Waals surface area contributed by atoms with E-state index in [1.807, 2.05) is 30.3 Å². The molecule has 0 spiro atoms. The summed E-state index contributed by atoms with van der Waals surface area (Å²) in [5.74, 6) is 0.138. The first-order valence-corrected chi connectivity index (χ1v) is 5.20. The van der Waals surface area contributed by atoms with Gasteiger partial charge in [0.2, 0.25) is 0 Å². The molecule has 0 bridgehead atoms. The van der Waals surface area contributed by atoms with Gasteiger partial charge in [0.05, 0.1) is 10.4 Å². The number of thiazole rings is 1. The van der Waals surface area contributed by atoms with Crippen LogP contribution in [0.1, 0.15) is 15.2 Å². The molecule has 0 radical (unpaired) electrons. The van der Waals surface area contributed by atoms with Crippen LogP contribution in [-0.2, 0) is 6.42 Å². The second kappa shape index (κ2) is 4.15. The first-order valence-electron chi connectivity index (χ1n) is 4.32. The van der Waals surface area contributed by atoms with Crippen molar-refractivity contribution in [3.05, 3.63) is 52.5 Å². The van der Waals surface area contributed by atoms with Crippen LogP contribution < -0.4 is 0 Å². The molecule has 0 atom stereocenters. The standard InChI is InChI=1S/C11H9NOS/c13-10(11-7-12-8-14-11)6-9-4-2-1-3-5-9/h1-5,7-8H,6H2. The number of nitrogens with zero attached hydrogens (tertiary/aromatic N) is 1. The van der Waals surface area contributed by atoms with Crippen LogP contribution in [0, 0.1) is 0 Å². The van der Waals surface area contributed by atoms with E-state index in [1.165, 1.54) is 11.3 Å². The van der Waals surface area contributed by atoms with E-state index in [9.17, 15) is 4.79 Å². The van der Waals surface area contributed by atoms with Crippen molar-refractivity contribution in [2.24, 2.45) is 0 Å². The van der Waals surface area contributed by atoms with E-state index >= 15 is 0 Å². The molecule has 1 aromatic carbocycles. The summed E-state index contributed by atoms with van der Waals surface area (Å²) in [6.45, 7) is 0. The molecule has 0 unspecified atom stereocenters. The Balaban J connectivity index is 2.10. The van der Waals surface area contributed by atoms with E-state index in [4.69, 9.17) is 0 Å². The van der Waals surface area contributed by atoms with Crippen molar-refractivity contribution in [3.8, 4) is 0 Å². The number of hydrogen-bond donors (Lipinski definition) is 0. The number of carbonyl (C=O) groups is 1. The smallest absolute Gasteiger partial charge is 0.178 e. The zero-order valence-electron chi connectivity index (χ0n) is 7.51. The molecule has 1 heterocycles. The van der Waals surface area contributed by atoms with Crippen LogP contribution in [-0.4, -0.2) is 10.8 Å². The maximum atomic E-state index is 11.6. The van der Waals surface area contributed by atoms with Crippen molar-refractivity contribution in [1.82, 2.24) is 4.98 Å². The SMILES string of the molecule is O=C(Cc1ccccc1)c1cncs1. The molecule has 2 aromatic rings. The molecule has 1 aromatic heterocycles. The summed E-state index contributed by atoms with van der Waals surface area (Å²) in [6.07, 6.45) is 2.08. The second-order valence-corrected chi connectivity index (χ2v) is 3.84. The Kier molecular flexibility index (Phi) is 2.70. The van der Waals surface area contributed by atoms with Crippen molar-refractivity contribution in [2.75, 3.05) is 0 Å². The molecule has 0 saturated heterocycles. The average Bonchev–Trinajstić information content (AvgIpc) is 2.72. The van der Waals surface area contributed by atoms with Gasteiger partial charge < -0.3 is 0 Å². The first kappa shape index (κ1) is 9.09. The van der Waals surface area contributed by atoms with Gasteiger partial charge in [-0.15, -0.1) is 11.3 Å². The molecular formula is C11H9NOS. The molecule has 0 amide bonds. The highest BCUT2D eigenvalue weighted by atomic mass is 32.1.